The number of nitrogens with zero attached hydrogens (tertiary/aromatic N) is 3. The Balaban J connectivity index is 2.48. The Morgan fingerprint density at radius 2 is 2.15 bits per heavy atom. The van der Waals surface area contributed by atoms with Crippen LogP contribution in [0.5, 0.6) is 0 Å². The smallest absolute Gasteiger partial charge is 0.290 e. The molecule has 0 atom stereocenters. The van der Waals surface area contributed by atoms with Gasteiger partial charge in [-0.15, -0.1) is 0 Å². The van der Waals surface area contributed by atoms with Crippen molar-refractivity contribution in [1.29, 1.82) is 0 Å². The molecule has 0 fully saturated rings. The van der Waals surface area contributed by atoms with E-state index >= 15 is 0 Å². The Labute approximate surface area is 114 Å². The molecule has 2 aromatic rings. The number of nitrogens with two attached hydrogens (primary N) is 1. The second-order valence-corrected chi connectivity index (χ2v) is 5.64. The molecule has 0 aliphatic rings. The van der Waals surface area contributed by atoms with Crippen molar-refractivity contribution in [2.45, 2.75) is 4.90 Å². The van der Waals surface area contributed by atoms with Gasteiger partial charge in [0.1, 0.15) is 0 Å². The van der Waals surface area contributed by atoms with E-state index in [0.717, 1.165) is 12.1 Å². The highest BCUT2D eigenvalue weighted by Crippen LogP contribution is 2.27. The Hall–Kier alpha value is -2.62. The second kappa shape index (κ2) is 4.81. The molecule has 0 aliphatic carbocycles. The normalized spacial score (nSPS) is 11.2. The van der Waals surface area contributed by atoms with Crippen LogP contribution in [-0.2, 0) is 17.1 Å². The molecule has 0 bridgehead atoms. The van der Waals surface area contributed by atoms with Gasteiger partial charge in [-0.2, -0.15) is 5.10 Å². The molecular formula is C10H11N5O4S. The Morgan fingerprint density at radius 3 is 2.70 bits per heavy atom. The third-order valence-corrected chi connectivity index (χ3v) is 3.84. The van der Waals surface area contributed by atoms with Gasteiger partial charge in [0.05, 0.1) is 16.8 Å². The molecule has 106 valence electrons. The Kier molecular flexibility index (Phi) is 3.32. The van der Waals surface area contributed by atoms with Crippen LogP contribution in [0.1, 0.15) is 0 Å². The minimum Gasteiger partial charge on any atom is -0.399 e. The molecule has 9 nitrogen and oxygen atoms in total. The van der Waals surface area contributed by atoms with Crippen molar-refractivity contribution >= 4 is 27.1 Å². The van der Waals surface area contributed by atoms with Gasteiger partial charge in [-0.05, 0) is 12.1 Å². The van der Waals surface area contributed by atoms with Crippen molar-refractivity contribution in [3.8, 4) is 0 Å². The summed E-state index contributed by atoms with van der Waals surface area (Å²) in [5.41, 5.74) is 5.26. The van der Waals surface area contributed by atoms with Crippen molar-refractivity contribution < 1.29 is 13.3 Å². The minimum atomic E-state index is -4.12. The fourth-order valence-corrected chi connectivity index (χ4v) is 2.82. The first-order valence-electron chi connectivity index (χ1n) is 5.35. The molecule has 0 amide bonds. The molecule has 1 heterocycles. The number of aromatic nitrogens is 2. The van der Waals surface area contributed by atoms with E-state index in [9.17, 15) is 18.5 Å². The molecule has 20 heavy (non-hydrogen) atoms. The molecular weight excluding hydrogens is 286 g/mol. The van der Waals surface area contributed by atoms with Gasteiger partial charge in [0, 0.05) is 25.0 Å². The minimum absolute atomic E-state index is 0.113. The summed E-state index contributed by atoms with van der Waals surface area (Å²) in [6, 6.07) is 3.35. The van der Waals surface area contributed by atoms with Crippen LogP contribution >= 0.6 is 0 Å². The van der Waals surface area contributed by atoms with E-state index in [1.54, 1.807) is 7.05 Å². The maximum absolute atomic E-state index is 12.2. The third kappa shape index (κ3) is 2.69. The van der Waals surface area contributed by atoms with E-state index in [4.69, 9.17) is 5.73 Å². The number of aryl methyl sites for hydroxylation is 1. The first-order chi connectivity index (χ1) is 9.29. The number of hydrogen-bond acceptors (Lipinski definition) is 6. The van der Waals surface area contributed by atoms with Crippen LogP contribution < -0.4 is 10.5 Å². The van der Waals surface area contributed by atoms with Crippen LogP contribution in [0.4, 0.5) is 17.1 Å². The van der Waals surface area contributed by atoms with Crippen LogP contribution in [0.15, 0.2) is 35.5 Å². The molecule has 0 unspecified atom stereocenters. The number of nitro groups is 1. The van der Waals surface area contributed by atoms with E-state index in [2.05, 4.69) is 9.82 Å². The first-order valence-corrected chi connectivity index (χ1v) is 6.83. The zero-order chi connectivity index (χ0) is 14.9. The predicted octanol–water partition coefficient (Wildman–Crippen LogP) is 0.711. The number of rotatable bonds is 4. The molecule has 0 aliphatic heterocycles. The van der Waals surface area contributed by atoms with Gasteiger partial charge in [0.2, 0.25) is 0 Å². The first kappa shape index (κ1) is 13.8. The SMILES string of the molecule is Cn1cc(NS(=O)(=O)c2cc(N)ccc2[N+](=O)[O-])cn1. The van der Waals surface area contributed by atoms with Crippen LogP contribution in [0.3, 0.4) is 0 Å². The Bertz CT molecular complexity index is 768. The van der Waals surface area contributed by atoms with Crippen LogP contribution in [0, 0.1) is 10.1 Å². The maximum atomic E-state index is 12.2. The van der Waals surface area contributed by atoms with E-state index in [1.807, 2.05) is 0 Å². The zero-order valence-electron chi connectivity index (χ0n) is 10.3. The lowest BCUT2D eigenvalue weighted by Crippen LogP contribution is -2.14. The summed E-state index contributed by atoms with van der Waals surface area (Å²) in [7, 11) is -2.51. The fraction of sp³-hybridized carbons (Fsp3) is 0.100. The van der Waals surface area contributed by atoms with Gasteiger partial charge in [0.15, 0.2) is 4.90 Å². The van der Waals surface area contributed by atoms with E-state index in [1.165, 1.54) is 23.1 Å². The molecule has 3 N–H and O–H groups in total. The number of nitrogen functional groups attached to an aromatic ring is 1. The summed E-state index contributed by atoms with van der Waals surface area (Å²) in [4.78, 5) is 9.62. The number of anilines is 2. The van der Waals surface area contributed by atoms with Crippen LogP contribution in [0.2, 0.25) is 0 Å². The number of nitrogens with one attached hydrogen (secondary N) is 1. The highest BCUT2D eigenvalue weighted by atomic mass is 32.2. The molecule has 0 saturated carbocycles. The van der Waals surface area contributed by atoms with E-state index in [0.29, 0.717) is 0 Å². The summed E-state index contributed by atoms with van der Waals surface area (Å²) < 4.78 is 28.0. The largest absolute Gasteiger partial charge is 0.399 e. The number of sulfonamides is 1. The lowest BCUT2D eigenvalue weighted by molar-refractivity contribution is -0.387. The number of benzene rings is 1. The van der Waals surface area contributed by atoms with Crippen molar-refractivity contribution in [2.75, 3.05) is 10.5 Å². The van der Waals surface area contributed by atoms with Crippen LogP contribution in [-0.4, -0.2) is 23.1 Å². The molecule has 1 aromatic heterocycles. The zero-order valence-corrected chi connectivity index (χ0v) is 11.2. The highest BCUT2D eigenvalue weighted by Gasteiger charge is 2.26. The number of hydrogen-bond donors (Lipinski definition) is 2. The van der Waals surface area contributed by atoms with Gasteiger partial charge < -0.3 is 5.73 Å². The molecule has 2 rings (SSSR count). The van der Waals surface area contributed by atoms with Crippen molar-refractivity contribution in [2.24, 2.45) is 7.05 Å². The van der Waals surface area contributed by atoms with Gasteiger partial charge in [-0.25, -0.2) is 8.42 Å². The fourth-order valence-electron chi connectivity index (χ4n) is 1.58. The van der Waals surface area contributed by atoms with Gasteiger partial charge >= 0.3 is 0 Å². The maximum Gasteiger partial charge on any atom is 0.290 e. The predicted molar refractivity (Wildman–Crippen MR) is 71.5 cm³/mol. The van der Waals surface area contributed by atoms with Gasteiger partial charge in [0.25, 0.3) is 15.7 Å². The van der Waals surface area contributed by atoms with Crippen molar-refractivity contribution in [3.63, 3.8) is 0 Å². The average molecular weight is 297 g/mol. The summed E-state index contributed by atoms with van der Waals surface area (Å²) in [5, 5.41) is 14.7. The summed E-state index contributed by atoms with van der Waals surface area (Å²) in [5.74, 6) is 0. The van der Waals surface area contributed by atoms with E-state index < -0.39 is 25.5 Å². The summed E-state index contributed by atoms with van der Waals surface area (Å²) >= 11 is 0. The molecule has 0 saturated heterocycles. The standard InChI is InChI=1S/C10H11N5O4S/c1-14-6-8(5-12-14)13-20(18,19)10-4-7(11)2-3-9(10)15(16)17/h2-6,13H,11H2,1H3. The molecule has 0 radical (unpaired) electrons. The topological polar surface area (TPSA) is 133 Å². The summed E-state index contributed by atoms with van der Waals surface area (Å²) in [6.07, 6.45) is 2.71. The molecule has 1 aromatic carbocycles. The van der Waals surface area contributed by atoms with Gasteiger partial charge in [-0.1, -0.05) is 0 Å². The lowest BCUT2D eigenvalue weighted by atomic mass is 10.3. The quantitative estimate of drug-likeness (QED) is 0.485. The summed E-state index contributed by atoms with van der Waals surface area (Å²) in [6.45, 7) is 0. The van der Waals surface area contributed by atoms with Gasteiger partial charge in [-0.3, -0.25) is 19.5 Å². The average Bonchev–Trinajstić information content (AvgIpc) is 2.73. The number of nitro benzene ring substituents is 1. The third-order valence-electron chi connectivity index (χ3n) is 2.43. The Morgan fingerprint density at radius 1 is 1.45 bits per heavy atom. The lowest BCUT2D eigenvalue weighted by Gasteiger charge is -2.07. The van der Waals surface area contributed by atoms with E-state index in [-0.39, 0.29) is 11.4 Å². The van der Waals surface area contributed by atoms with Crippen LogP contribution in [0.25, 0.3) is 0 Å². The van der Waals surface area contributed by atoms with Crippen molar-refractivity contribution in [3.05, 3.63) is 40.7 Å². The van der Waals surface area contributed by atoms with Crippen molar-refractivity contribution in [1.82, 2.24) is 9.78 Å². The second-order valence-electron chi connectivity index (χ2n) is 3.99. The monoisotopic (exact) mass is 297 g/mol. The molecule has 0 spiro atoms. The molecule has 10 heteroatoms. The highest BCUT2D eigenvalue weighted by molar-refractivity contribution is 7.92.